The normalized spacial score (nSPS) is 15.9. The van der Waals surface area contributed by atoms with E-state index in [1.54, 1.807) is 0 Å². The molecule has 0 N–H and O–H groups in total. The summed E-state index contributed by atoms with van der Waals surface area (Å²) in [7, 11) is 0. The molecule has 13 heavy (non-hydrogen) atoms. The Morgan fingerprint density at radius 1 is 0.923 bits per heavy atom. The zero-order chi connectivity index (χ0) is 10.7. The molecule has 0 saturated heterocycles. The molecule has 1 unspecified atom stereocenters. The van der Waals surface area contributed by atoms with E-state index in [0.717, 1.165) is 5.92 Å². The van der Waals surface area contributed by atoms with Crippen molar-refractivity contribution in [2.24, 2.45) is 16.7 Å². The predicted molar refractivity (Wildman–Crippen MR) is 61.9 cm³/mol. The molecule has 80 valence electrons. The second kappa shape index (κ2) is 4.48. The van der Waals surface area contributed by atoms with E-state index >= 15 is 0 Å². The Morgan fingerprint density at radius 3 is 1.69 bits per heavy atom. The third-order valence-corrected chi connectivity index (χ3v) is 2.82. The van der Waals surface area contributed by atoms with Gasteiger partial charge in [-0.1, -0.05) is 54.9 Å². The van der Waals surface area contributed by atoms with Crippen LogP contribution in [0.4, 0.5) is 0 Å². The first-order valence-corrected chi connectivity index (χ1v) is 5.66. The topological polar surface area (TPSA) is 0 Å². The maximum atomic E-state index is 2.39. The summed E-state index contributed by atoms with van der Waals surface area (Å²) in [5.74, 6) is 0.856. The third-order valence-electron chi connectivity index (χ3n) is 2.82. The van der Waals surface area contributed by atoms with Crippen molar-refractivity contribution in [2.45, 2.75) is 67.7 Å². The first-order chi connectivity index (χ1) is 5.66. The second-order valence-corrected chi connectivity index (χ2v) is 6.59. The number of hydrogen-bond acceptors (Lipinski definition) is 0. The lowest BCUT2D eigenvalue weighted by atomic mass is 9.76. The van der Waals surface area contributed by atoms with Crippen molar-refractivity contribution in [3.8, 4) is 0 Å². The van der Waals surface area contributed by atoms with E-state index in [0.29, 0.717) is 10.8 Å². The van der Waals surface area contributed by atoms with Crippen LogP contribution in [-0.4, -0.2) is 0 Å². The Labute approximate surface area is 85.1 Å². The lowest BCUT2D eigenvalue weighted by Gasteiger charge is -2.30. The Balaban J connectivity index is 3.94. The SMILES string of the molecule is CCC(C)(C)CC(C)CC(C)(C)C. The van der Waals surface area contributed by atoms with Crippen molar-refractivity contribution in [1.82, 2.24) is 0 Å². The molecule has 0 aliphatic heterocycles. The highest BCUT2D eigenvalue weighted by Crippen LogP contribution is 2.34. The largest absolute Gasteiger partial charge is 0.0649 e. The average molecular weight is 184 g/mol. The van der Waals surface area contributed by atoms with Crippen LogP contribution >= 0.6 is 0 Å². The van der Waals surface area contributed by atoms with Crippen molar-refractivity contribution < 1.29 is 0 Å². The minimum atomic E-state index is 0.489. The second-order valence-electron chi connectivity index (χ2n) is 6.59. The highest BCUT2D eigenvalue weighted by atomic mass is 14.3. The summed E-state index contributed by atoms with van der Waals surface area (Å²) >= 11 is 0. The first kappa shape index (κ1) is 13.0. The van der Waals surface area contributed by atoms with Crippen molar-refractivity contribution >= 4 is 0 Å². The molecule has 1 atom stereocenters. The van der Waals surface area contributed by atoms with Gasteiger partial charge in [0, 0.05) is 0 Å². The summed E-state index contributed by atoms with van der Waals surface area (Å²) in [6.07, 6.45) is 4.00. The minimum Gasteiger partial charge on any atom is -0.0649 e. The Bertz CT molecular complexity index is 137. The molecule has 0 amide bonds. The van der Waals surface area contributed by atoms with Gasteiger partial charge in [0.2, 0.25) is 0 Å². The van der Waals surface area contributed by atoms with Crippen LogP contribution in [0.25, 0.3) is 0 Å². The third kappa shape index (κ3) is 7.10. The quantitative estimate of drug-likeness (QED) is 0.584. The lowest BCUT2D eigenvalue weighted by molar-refractivity contribution is 0.214. The van der Waals surface area contributed by atoms with Gasteiger partial charge in [-0.2, -0.15) is 0 Å². The molecule has 0 nitrogen and oxygen atoms in total. The van der Waals surface area contributed by atoms with Crippen LogP contribution in [0, 0.1) is 16.7 Å². The Kier molecular flexibility index (Phi) is 4.48. The van der Waals surface area contributed by atoms with Gasteiger partial charge in [-0.15, -0.1) is 0 Å². The highest BCUT2D eigenvalue weighted by Gasteiger charge is 2.22. The molecule has 0 aliphatic carbocycles. The van der Waals surface area contributed by atoms with E-state index in [9.17, 15) is 0 Å². The van der Waals surface area contributed by atoms with Crippen LogP contribution in [0.3, 0.4) is 0 Å². The predicted octanol–water partition coefficient (Wildman–Crippen LogP) is 4.89. The van der Waals surface area contributed by atoms with Gasteiger partial charge in [0.15, 0.2) is 0 Å². The first-order valence-electron chi connectivity index (χ1n) is 5.66. The Morgan fingerprint density at radius 2 is 1.38 bits per heavy atom. The molecule has 0 aromatic rings. The fourth-order valence-corrected chi connectivity index (χ4v) is 2.21. The maximum Gasteiger partial charge on any atom is -0.0354 e. The number of hydrogen-bond donors (Lipinski definition) is 0. The van der Waals surface area contributed by atoms with Gasteiger partial charge >= 0.3 is 0 Å². The highest BCUT2D eigenvalue weighted by molar-refractivity contribution is 4.73. The standard InChI is InChI=1S/C13H28/c1-8-13(6,7)10-11(2)9-12(3,4)5/h11H,8-10H2,1-7H3. The van der Waals surface area contributed by atoms with Crippen LogP contribution in [-0.2, 0) is 0 Å². The van der Waals surface area contributed by atoms with Gasteiger partial charge in [0.05, 0.1) is 0 Å². The summed E-state index contributed by atoms with van der Waals surface area (Å²) in [5, 5.41) is 0. The van der Waals surface area contributed by atoms with E-state index in [2.05, 4.69) is 48.5 Å². The summed E-state index contributed by atoms with van der Waals surface area (Å²) < 4.78 is 0. The van der Waals surface area contributed by atoms with Crippen molar-refractivity contribution in [1.29, 1.82) is 0 Å². The van der Waals surface area contributed by atoms with Crippen LogP contribution in [0.15, 0.2) is 0 Å². The molecular weight excluding hydrogens is 156 g/mol. The molecule has 0 heteroatoms. The molecule has 0 aromatic carbocycles. The maximum absolute atomic E-state index is 2.39. The lowest BCUT2D eigenvalue weighted by Crippen LogP contribution is -2.18. The summed E-state index contributed by atoms with van der Waals surface area (Å²) in [6, 6.07) is 0. The van der Waals surface area contributed by atoms with Crippen LogP contribution in [0.5, 0.6) is 0 Å². The summed E-state index contributed by atoms with van der Waals surface area (Å²) in [4.78, 5) is 0. The molecule has 0 saturated carbocycles. The Hall–Kier alpha value is 0. The fraction of sp³-hybridized carbons (Fsp3) is 1.00. The van der Waals surface area contributed by atoms with Gasteiger partial charge < -0.3 is 0 Å². The molecular formula is C13H28. The van der Waals surface area contributed by atoms with E-state index in [1.165, 1.54) is 19.3 Å². The monoisotopic (exact) mass is 184 g/mol. The van der Waals surface area contributed by atoms with Gasteiger partial charge in [0.25, 0.3) is 0 Å². The number of rotatable bonds is 4. The molecule has 0 heterocycles. The van der Waals surface area contributed by atoms with E-state index in [-0.39, 0.29) is 0 Å². The smallest absolute Gasteiger partial charge is 0.0354 e. The molecule has 0 fully saturated rings. The fourth-order valence-electron chi connectivity index (χ4n) is 2.21. The van der Waals surface area contributed by atoms with Gasteiger partial charge in [-0.05, 0) is 29.6 Å². The van der Waals surface area contributed by atoms with Crippen LogP contribution in [0.2, 0.25) is 0 Å². The summed E-state index contributed by atoms with van der Waals surface area (Å²) in [5.41, 5.74) is 1.02. The van der Waals surface area contributed by atoms with E-state index < -0.39 is 0 Å². The minimum absolute atomic E-state index is 0.489. The zero-order valence-electron chi connectivity index (χ0n) is 10.7. The van der Waals surface area contributed by atoms with E-state index in [1.807, 2.05) is 0 Å². The van der Waals surface area contributed by atoms with E-state index in [4.69, 9.17) is 0 Å². The van der Waals surface area contributed by atoms with Crippen molar-refractivity contribution in [3.63, 3.8) is 0 Å². The van der Waals surface area contributed by atoms with Crippen LogP contribution < -0.4 is 0 Å². The van der Waals surface area contributed by atoms with Gasteiger partial charge in [-0.3, -0.25) is 0 Å². The van der Waals surface area contributed by atoms with Crippen LogP contribution in [0.1, 0.15) is 67.7 Å². The molecule has 0 spiro atoms. The molecule has 0 bridgehead atoms. The van der Waals surface area contributed by atoms with Gasteiger partial charge in [0.1, 0.15) is 0 Å². The molecule has 0 radical (unpaired) electrons. The van der Waals surface area contributed by atoms with Crippen molar-refractivity contribution in [2.75, 3.05) is 0 Å². The molecule has 0 rings (SSSR count). The average Bonchev–Trinajstić information content (AvgIpc) is 1.81. The summed E-state index contributed by atoms with van der Waals surface area (Å²) in [6.45, 7) is 16.5. The molecule has 0 aromatic heterocycles. The van der Waals surface area contributed by atoms with Gasteiger partial charge in [-0.25, -0.2) is 0 Å². The van der Waals surface area contributed by atoms with Crippen molar-refractivity contribution in [3.05, 3.63) is 0 Å². The molecule has 0 aliphatic rings. The zero-order valence-corrected chi connectivity index (χ0v) is 10.7.